The lowest BCUT2D eigenvalue weighted by Gasteiger charge is -2.24. The number of hydrogen-bond donors (Lipinski definition) is 1. The van der Waals surface area contributed by atoms with E-state index >= 15 is 0 Å². The summed E-state index contributed by atoms with van der Waals surface area (Å²) in [7, 11) is 0. The van der Waals surface area contributed by atoms with Crippen molar-refractivity contribution in [2.75, 3.05) is 11.9 Å². The number of hydrogen-bond acceptors (Lipinski definition) is 10. The quantitative estimate of drug-likeness (QED) is 0.509. The van der Waals surface area contributed by atoms with E-state index in [0.29, 0.717) is 16.7 Å². The normalized spacial score (nSPS) is 25.0. The second kappa shape index (κ2) is 9.52. The molecule has 12 nitrogen and oxygen atoms in total. The van der Waals surface area contributed by atoms with Crippen molar-refractivity contribution in [2.24, 2.45) is 5.41 Å². The van der Waals surface area contributed by atoms with Crippen LogP contribution in [0.3, 0.4) is 0 Å². The molecule has 12 heteroatoms. The average molecular weight is 510 g/mol. The maximum absolute atomic E-state index is 12.7. The van der Waals surface area contributed by atoms with Crippen LogP contribution in [0.25, 0.3) is 11.2 Å². The zero-order valence-electron chi connectivity index (χ0n) is 20.8. The Labute approximate surface area is 212 Å². The van der Waals surface area contributed by atoms with Crippen molar-refractivity contribution in [1.29, 1.82) is 0 Å². The number of rotatable bonds is 5. The summed E-state index contributed by atoms with van der Waals surface area (Å²) < 4.78 is 25.0. The standard InChI is InChI=1S/C25H27N5O7/c1-13(31)35-19-18-17(15(10-34-18)36-24(33)25(2,3)4)37-23(19)30-12-28-16-20(26-11-27-21(16)30)29-22(32)14-8-6-5-7-9-14/h5-9,11-12,15,17-19,23H,10H2,1-4H3,(H,26,27,29,32)/t15-,17-,18+,19-,23-/m1/s1. The summed E-state index contributed by atoms with van der Waals surface area (Å²) in [6, 6.07) is 8.71. The van der Waals surface area contributed by atoms with Gasteiger partial charge in [0.2, 0.25) is 0 Å². The third kappa shape index (κ3) is 4.77. The van der Waals surface area contributed by atoms with E-state index in [0.717, 1.165) is 0 Å². The largest absolute Gasteiger partial charge is 0.457 e. The highest BCUT2D eigenvalue weighted by Gasteiger charge is 2.57. The second-order valence-electron chi connectivity index (χ2n) is 9.92. The fourth-order valence-corrected chi connectivity index (χ4v) is 4.31. The Balaban J connectivity index is 1.43. The first kappa shape index (κ1) is 24.8. The maximum atomic E-state index is 12.7. The van der Waals surface area contributed by atoms with Gasteiger partial charge in [0.05, 0.1) is 18.3 Å². The molecule has 0 aliphatic carbocycles. The van der Waals surface area contributed by atoms with Crippen molar-refractivity contribution >= 4 is 34.8 Å². The zero-order chi connectivity index (χ0) is 26.3. The number of carbonyl (C=O) groups is 3. The molecule has 2 fully saturated rings. The van der Waals surface area contributed by atoms with Gasteiger partial charge in [-0.15, -0.1) is 0 Å². The van der Waals surface area contributed by atoms with E-state index in [1.807, 2.05) is 6.07 Å². The van der Waals surface area contributed by atoms with Crippen LogP contribution in [0.5, 0.6) is 0 Å². The van der Waals surface area contributed by atoms with Crippen LogP contribution in [0.4, 0.5) is 5.82 Å². The topological polar surface area (TPSA) is 144 Å². The smallest absolute Gasteiger partial charge is 0.311 e. The average Bonchev–Trinajstić information content (AvgIpc) is 3.54. The second-order valence-corrected chi connectivity index (χ2v) is 9.92. The van der Waals surface area contributed by atoms with Crippen LogP contribution in [0.2, 0.25) is 0 Å². The van der Waals surface area contributed by atoms with E-state index in [9.17, 15) is 14.4 Å². The molecule has 0 spiro atoms. The van der Waals surface area contributed by atoms with Gasteiger partial charge in [-0.2, -0.15) is 0 Å². The number of carbonyl (C=O) groups excluding carboxylic acids is 3. The summed E-state index contributed by atoms with van der Waals surface area (Å²) in [5, 5.41) is 2.76. The van der Waals surface area contributed by atoms with E-state index in [1.165, 1.54) is 19.6 Å². The Morgan fingerprint density at radius 3 is 2.51 bits per heavy atom. The van der Waals surface area contributed by atoms with Crippen molar-refractivity contribution in [3.8, 4) is 0 Å². The van der Waals surface area contributed by atoms with Gasteiger partial charge in [-0.25, -0.2) is 15.0 Å². The summed E-state index contributed by atoms with van der Waals surface area (Å²) >= 11 is 0. The number of nitrogens with one attached hydrogen (secondary N) is 1. The van der Waals surface area contributed by atoms with Crippen LogP contribution in [0.1, 0.15) is 44.3 Å². The van der Waals surface area contributed by atoms with Gasteiger partial charge in [0.1, 0.15) is 18.5 Å². The summed E-state index contributed by atoms with van der Waals surface area (Å²) in [6.07, 6.45) is -0.966. The number of anilines is 1. The fraction of sp³-hybridized carbons (Fsp3) is 0.440. The Hall–Kier alpha value is -3.90. The number of nitrogens with zero attached hydrogens (tertiary/aromatic N) is 4. The van der Waals surface area contributed by atoms with Crippen molar-refractivity contribution in [2.45, 2.75) is 58.3 Å². The van der Waals surface area contributed by atoms with E-state index in [2.05, 4.69) is 20.3 Å². The SMILES string of the molecule is CC(=O)O[C@@H]1[C@H]2OC[C@@H](OC(=O)C(C)(C)C)[C@H]2O[C@H]1n1cnc2c(NC(=O)c3ccccc3)ncnc21. The number of esters is 2. The lowest BCUT2D eigenvalue weighted by Crippen LogP contribution is -2.38. The molecule has 0 radical (unpaired) electrons. The van der Waals surface area contributed by atoms with Gasteiger partial charge in [0.25, 0.3) is 5.91 Å². The highest BCUT2D eigenvalue weighted by atomic mass is 16.7. The molecule has 2 aliphatic heterocycles. The summed E-state index contributed by atoms with van der Waals surface area (Å²) in [6.45, 7) is 6.68. The van der Waals surface area contributed by atoms with Crippen LogP contribution in [0, 0.1) is 5.41 Å². The van der Waals surface area contributed by atoms with E-state index < -0.39 is 48.0 Å². The molecule has 1 aromatic carbocycles. The minimum absolute atomic E-state index is 0.115. The van der Waals surface area contributed by atoms with Gasteiger partial charge in [-0.1, -0.05) is 18.2 Å². The van der Waals surface area contributed by atoms with Gasteiger partial charge in [0, 0.05) is 12.5 Å². The molecule has 0 bridgehead atoms. The van der Waals surface area contributed by atoms with Gasteiger partial charge in [-0.3, -0.25) is 19.0 Å². The predicted molar refractivity (Wildman–Crippen MR) is 128 cm³/mol. The molecule has 1 amide bonds. The first-order valence-electron chi connectivity index (χ1n) is 11.8. The molecule has 5 atom stereocenters. The molecule has 3 aromatic rings. The van der Waals surface area contributed by atoms with E-state index in [1.54, 1.807) is 49.6 Å². The highest BCUT2D eigenvalue weighted by Crippen LogP contribution is 2.41. The van der Waals surface area contributed by atoms with E-state index in [4.69, 9.17) is 18.9 Å². The number of ether oxygens (including phenoxy) is 4. The molecule has 0 unspecified atom stereocenters. The third-order valence-corrected chi connectivity index (χ3v) is 6.12. The Bertz CT molecular complexity index is 1340. The zero-order valence-corrected chi connectivity index (χ0v) is 20.8. The molecule has 0 saturated carbocycles. The predicted octanol–water partition coefficient (Wildman–Crippen LogP) is 2.26. The Morgan fingerprint density at radius 1 is 1.05 bits per heavy atom. The van der Waals surface area contributed by atoms with Gasteiger partial charge in [0.15, 0.2) is 35.4 Å². The van der Waals surface area contributed by atoms with Crippen LogP contribution >= 0.6 is 0 Å². The number of imidazole rings is 1. The fourth-order valence-electron chi connectivity index (χ4n) is 4.31. The van der Waals surface area contributed by atoms with Gasteiger partial charge in [-0.05, 0) is 32.9 Å². The van der Waals surface area contributed by atoms with E-state index in [-0.39, 0.29) is 18.3 Å². The lowest BCUT2D eigenvalue weighted by molar-refractivity contribution is -0.169. The van der Waals surface area contributed by atoms with Crippen molar-refractivity contribution in [3.63, 3.8) is 0 Å². The van der Waals surface area contributed by atoms with Crippen LogP contribution < -0.4 is 5.32 Å². The lowest BCUT2D eigenvalue weighted by atomic mass is 9.97. The molecule has 5 rings (SSSR count). The first-order valence-corrected chi connectivity index (χ1v) is 11.8. The first-order chi connectivity index (χ1) is 17.6. The van der Waals surface area contributed by atoms with Crippen LogP contribution in [-0.2, 0) is 28.5 Å². The molecule has 2 aromatic heterocycles. The maximum Gasteiger partial charge on any atom is 0.311 e. The van der Waals surface area contributed by atoms with Crippen molar-refractivity contribution in [1.82, 2.24) is 19.5 Å². The third-order valence-electron chi connectivity index (χ3n) is 6.12. The van der Waals surface area contributed by atoms with Crippen molar-refractivity contribution < 1.29 is 33.3 Å². The summed E-state index contributed by atoms with van der Waals surface area (Å²) in [5.41, 5.74) is 0.432. The molecule has 37 heavy (non-hydrogen) atoms. The number of aromatic nitrogens is 4. The molecular formula is C25H27N5O7. The number of amides is 1. The Kier molecular flexibility index (Phi) is 6.38. The monoisotopic (exact) mass is 509 g/mol. The van der Waals surface area contributed by atoms with Gasteiger partial charge >= 0.3 is 11.9 Å². The van der Waals surface area contributed by atoms with Crippen molar-refractivity contribution in [3.05, 3.63) is 48.5 Å². The molecular weight excluding hydrogens is 482 g/mol. The van der Waals surface area contributed by atoms with Gasteiger partial charge < -0.3 is 24.3 Å². The Morgan fingerprint density at radius 2 is 1.81 bits per heavy atom. The number of fused-ring (bicyclic) bond motifs is 2. The molecule has 4 heterocycles. The molecule has 2 aliphatic rings. The van der Waals surface area contributed by atoms with Crippen LogP contribution in [0.15, 0.2) is 43.0 Å². The molecule has 194 valence electrons. The number of benzene rings is 1. The minimum atomic E-state index is -0.868. The molecule has 2 saturated heterocycles. The summed E-state index contributed by atoms with van der Waals surface area (Å²) in [5.74, 6) is -1.05. The minimum Gasteiger partial charge on any atom is -0.457 e. The van der Waals surface area contributed by atoms with Crippen LogP contribution in [-0.4, -0.2) is 68.4 Å². The highest BCUT2D eigenvalue weighted by molar-refractivity contribution is 6.06. The molecule has 1 N–H and O–H groups in total. The summed E-state index contributed by atoms with van der Waals surface area (Å²) in [4.78, 5) is 50.0.